The van der Waals surface area contributed by atoms with Gasteiger partial charge in [0.15, 0.2) is 11.5 Å². The van der Waals surface area contributed by atoms with E-state index in [-0.39, 0.29) is 11.5 Å². The van der Waals surface area contributed by atoms with E-state index >= 15 is 0 Å². The van der Waals surface area contributed by atoms with Crippen LogP contribution in [0.25, 0.3) is 21.8 Å². The van der Waals surface area contributed by atoms with Crippen molar-refractivity contribution in [3.05, 3.63) is 72.3 Å². The van der Waals surface area contributed by atoms with Crippen molar-refractivity contribution in [1.82, 2.24) is 4.98 Å². The van der Waals surface area contributed by atoms with E-state index in [9.17, 15) is 10.2 Å². The van der Waals surface area contributed by atoms with Crippen LogP contribution in [0.5, 0.6) is 11.5 Å². The number of hydrogen-bond acceptors (Lipinski definition) is 4. The van der Waals surface area contributed by atoms with Crippen LogP contribution in [0.15, 0.2) is 66.7 Å². The molecule has 0 radical (unpaired) electrons. The lowest BCUT2D eigenvalue weighted by atomic mass is 10.1. The second-order valence-corrected chi connectivity index (χ2v) is 6.84. The molecule has 4 aromatic rings. The average molecular weight is 358 g/mol. The highest BCUT2D eigenvalue weighted by Crippen LogP contribution is 2.33. The minimum absolute atomic E-state index is 0.0630. The predicted octanol–water partition coefficient (Wildman–Crippen LogP) is 4.87. The third kappa shape index (κ3) is 3.38. The van der Waals surface area contributed by atoms with Gasteiger partial charge in [-0.25, -0.2) is 4.98 Å². The molecule has 0 atom stereocenters. The molecule has 1 aromatic heterocycles. The Bertz CT molecular complexity index is 1050. The first-order valence-electron chi connectivity index (χ1n) is 9.13. The van der Waals surface area contributed by atoms with Gasteiger partial charge < -0.3 is 15.1 Å². The van der Waals surface area contributed by atoms with Crippen molar-refractivity contribution in [2.75, 3.05) is 18.5 Å². The van der Waals surface area contributed by atoms with Gasteiger partial charge >= 0.3 is 0 Å². The van der Waals surface area contributed by atoms with Crippen molar-refractivity contribution >= 4 is 27.5 Å². The minimum Gasteiger partial charge on any atom is -0.504 e. The van der Waals surface area contributed by atoms with Crippen LogP contribution in [-0.2, 0) is 6.42 Å². The Morgan fingerprint density at radius 1 is 0.815 bits per heavy atom. The van der Waals surface area contributed by atoms with Crippen LogP contribution in [0.4, 0.5) is 5.69 Å². The molecule has 0 saturated carbocycles. The van der Waals surface area contributed by atoms with E-state index in [0.717, 1.165) is 46.8 Å². The maximum Gasteiger partial charge on any atom is 0.157 e. The van der Waals surface area contributed by atoms with Gasteiger partial charge in [0, 0.05) is 24.4 Å². The van der Waals surface area contributed by atoms with Gasteiger partial charge in [0.2, 0.25) is 0 Å². The zero-order valence-corrected chi connectivity index (χ0v) is 15.3. The average Bonchev–Trinajstić information content (AvgIpc) is 2.68. The summed E-state index contributed by atoms with van der Waals surface area (Å²) in [5.41, 5.74) is 4.22. The lowest BCUT2D eigenvalue weighted by molar-refractivity contribution is 0.403. The number of anilines is 1. The van der Waals surface area contributed by atoms with Gasteiger partial charge in [0.05, 0.1) is 16.7 Å². The van der Waals surface area contributed by atoms with Crippen molar-refractivity contribution < 1.29 is 10.2 Å². The Morgan fingerprint density at radius 3 is 2.07 bits per heavy atom. The molecule has 27 heavy (non-hydrogen) atoms. The number of para-hydroxylation sites is 2. The van der Waals surface area contributed by atoms with Crippen molar-refractivity contribution in [2.45, 2.75) is 12.8 Å². The smallest absolute Gasteiger partial charge is 0.157 e. The number of aryl methyl sites for hydroxylation is 1. The summed E-state index contributed by atoms with van der Waals surface area (Å²) in [6.07, 6.45) is 1.77. The van der Waals surface area contributed by atoms with E-state index in [1.54, 1.807) is 6.07 Å². The van der Waals surface area contributed by atoms with Crippen LogP contribution in [0.3, 0.4) is 0 Å². The Morgan fingerprint density at radius 2 is 1.44 bits per heavy atom. The van der Waals surface area contributed by atoms with E-state index in [2.05, 4.69) is 48.3 Å². The standard InChI is InChI=1S/C23H22N2O2/c1-25(14-6-7-16-12-13-21(26)22(27)15-16)23-17-8-2-4-10-19(17)24-20-11-5-3-9-18(20)23/h2-5,8-13,15,26-27H,6-7,14H2,1H3. The summed E-state index contributed by atoms with van der Waals surface area (Å²) < 4.78 is 0. The first-order chi connectivity index (χ1) is 13.1. The van der Waals surface area contributed by atoms with Crippen molar-refractivity contribution in [2.24, 2.45) is 0 Å². The highest BCUT2D eigenvalue weighted by atomic mass is 16.3. The summed E-state index contributed by atoms with van der Waals surface area (Å²) in [6, 6.07) is 21.5. The molecule has 0 aliphatic rings. The topological polar surface area (TPSA) is 56.6 Å². The molecule has 0 amide bonds. The number of nitrogens with zero attached hydrogens (tertiary/aromatic N) is 2. The molecule has 3 aromatic carbocycles. The summed E-state index contributed by atoms with van der Waals surface area (Å²) >= 11 is 0. The molecule has 0 spiro atoms. The lowest BCUT2D eigenvalue weighted by Gasteiger charge is -2.23. The van der Waals surface area contributed by atoms with Crippen LogP contribution in [0.2, 0.25) is 0 Å². The Kier molecular flexibility index (Phi) is 4.55. The lowest BCUT2D eigenvalue weighted by Crippen LogP contribution is -2.20. The van der Waals surface area contributed by atoms with Crippen LogP contribution in [0, 0.1) is 0 Å². The Labute approximate surface area is 158 Å². The molecular formula is C23H22N2O2. The van der Waals surface area contributed by atoms with Gasteiger partial charge in [-0.2, -0.15) is 0 Å². The van der Waals surface area contributed by atoms with Gasteiger partial charge in [-0.15, -0.1) is 0 Å². The van der Waals surface area contributed by atoms with E-state index in [0.29, 0.717) is 0 Å². The van der Waals surface area contributed by atoms with E-state index in [1.807, 2.05) is 18.2 Å². The second kappa shape index (κ2) is 7.16. The van der Waals surface area contributed by atoms with Gasteiger partial charge in [0.1, 0.15) is 0 Å². The highest BCUT2D eigenvalue weighted by molar-refractivity contribution is 6.07. The zero-order valence-electron chi connectivity index (χ0n) is 15.3. The molecular weight excluding hydrogens is 336 g/mol. The second-order valence-electron chi connectivity index (χ2n) is 6.84. The number of rotatable bonds is 5. The molecule has 4 rings (SSSR count). The number of phenolic OH excluding ortho intramolecular Hbond substituents is 2. The normalized spacial score (nSPS) is 11.1. The number of benzene rings is 3. The largest absolute Gasteiger partial charge is 0.504 e. The minimum atomic E-state index is -0.0782. The first kappa shape index (κ1) is 17.2. The Balaban J connectivity index is 1.61. The molecule has 0 saturated heterocycles. The third-order valence-electron chi connectivity index (χ3n) is 4.94. The molecule has 0 bridgehead atoms. The van der Waals surface area contributed by atoms with Gasteiger partial charge in [-0.05, 0) is 42.7 Å². The first-order valence-corrected chi connectivity index (χ1v) is 9.13. The van der Waals surface area contributed by atoms with Crippen molar-refractivity contribution in [3.8, 4) is 11.5 Å². The fraction of sp³-hybridized carbons (Fsp3) is 0.174. The highest BCUT2D eigenvalue weighted by Gasteiger charge is 2.12. The molecule has 0 fully saturated rings. The number of aromatic hydroxyl groups is 2. The SMILES string of the molecule is CN(CCCc1ccc(O)c(O)c1)c1c2ccccc2nc2ccccc12. The van der Waals surface area contributed by atoms with Gasteiger partial charge in [-0.1, -0.05) is 42.5 Å². The monoisotopic (exact) mass is 358 g/mol. The van der Waals surface area contributed by atoms with E-state index in [4.69, 9.17) is 4.98 Å². The van der Waals surface area contributed by atoms with Crippen LogP contribution in [0.1, 0.15) is 12.0 Å². The van der Waals surface area contributed by atoms with Crippen molar-refractivity contribution in [3.63, 3.8) is 0 Å². The van der Waals surface area contributed by atoms with Crippen LogP contribution >= 0.6 is 0 Å². The molecule has 0 unspecified atom stereocenters. The summed E-state index contributed by atoms with van der Waals surface area (Å²) in [4.78, 5) is 7.07. The number of phenols is 2. The van der Waals surface area contributed by atoms with Gasteiger partial charge in [-0.3, -0.25) is 0 Å². The maximum absolute atomic E-state index is 9.66. The fourth-order valence-corrected chi connectivity index (χ4v) is 3.59. The molecule has 0 aliphatic carbocycles. The quantitative estimate of drug-likeness (QED) is 0.395. The molecule has 1 heterocycles. The van der Waals surface area contributed by atoms with E-state index < -0.39 is 0 Å². The number of hydrogen-bond donors (Lipinski definition) is 2. The number of aromatic nitrogens is 1. The molecule has 4 heteroatoms. The van der Waals surface area contributed by atoms with Crippen LogP contribution < -0.4 is 4.90 Å². The summed E-state index contributed by atoms with van der Waals surface area (Å²) in [5, 5.41) is 21.4. The summed E-state index contributed by atoms with van der Waals surface area (Å²) in [6.45, 7) is 0.875. The molecule has 136 valence electrons. The molecule has 4 nitrogen and oxygen atoms in total. The molecule has 2 N–H and O–H groups in total. The zero-order chi connectivity index (χ0) is 18.8. The summed E-state index contributed by atoms with van der Waals surface area (Å²) in [7, 11) is 2.11. The predicted molar refractivity (Wildman–Crippen MR) is 111 cm³/mol. The van der Waals surface area contributed by atoms with Gasteiger partial charge in [0.25, 0.3) is 0 Å². The van der Waals surface area contributed by atoms with Crippen molar-refractivity contribution in [1.29, 1.82) is 0 Å². The summed E-state index contributed by atoms with van der Waals surface area (Å²) in [5.74, 6) is -0.141. The Hall–Kier alpha value is -3.27. The fourth-order valence-electron chi connectivity index (χ4n) is 3.59. The number of pyridine rings is 1. The van der Waals surface area contributed by atoms with E-state index in [1.165, 1.54) is 11.8 Å². The molecule has 0 aliphatic heterocycles. The maximum atomic E-state index is 9.66. The number of fused-ring (bicyclic) bond motifs is 2. The third-order valence-corrected chi connectivity index (χ3v) is 4.94. The van der Waals surface area contributed by atoms with Crippen LogP contribution in [-0.4, -0.2) is 28.8 Å².